The van der Waals surface area contributed by atoms with Crippen molar-refractivity contribution >= 4 is 11.8 Å². The van der Waals surface area contributed by atoms with Gasteiger partial charge in [-0.1, -0.05) is 67.0 Å². The molecular weight excluding hydrogens is 522 g/mol. The molecule has 3 N–H and O–H groups in total. The number of ether oxygens (including phenoxy) is 1. The largest absolute Gasteiger partial charge is 0.449 e. The maximum atomic E-state index is 12.4. The quantitative estimate of drug-likeness (QED) is 0.282. The molecule has 0 spiro atoms. The van der Waals surface area contributed by atoms with E-state index in [0.29, 0.717) is 48.0 Å². The summed E-state index contributed by atoms with van der Waals surface area (Å²) in [6, 6.07) is 8.01. The van der Waals surface area contributed by atoms with Gasteiger partial charge in [0.05, 0.1) is 18.8 Å². The van der Waals surface area contributed by atoms with Crippen molar-refractivity contribution in [3.63, 3.8) is 0 Å². The van der Waals surface area contributed by atoms with Crippen LogP contribution in [0.1, 0.15) is 118 Å². The number of fused-ring (bicyclic) bond motifs is 5. The van der Waals surface area contributed by atoms with Crippen LogP contribution in [0.4, 0.5) is 10.5 Å². The summed E-state index contributed by atoms with van der Waals surface area (Å²) >= 11 is 0. The van der Waals surface area contributed by atoms with Crippen LogP contribution >= 0.6 is 0 Å². The number of amides is 1. The molecule has 5 rings (SSSR count). The lowest BCUT2D eigenvalue weighted by atomic mass is 9.41. The molecule has 4 aliphatic carbocycles. The molecule has 0 radical (unpaired) electrons. The smallest absolute Gasteiger partial charge is 0.411 e. The molecule has 0 saturated heterocycles. The highest BCUT2D eigenvalue weighted by atomic mass is 16.5. The average Bonchev–Trinajstić information content (AvgIpc) is 3.29. The number of carbonyl (C=O) groups excluding carboxylic acids is 1. The zero-order valence-electron chi connectivity index (χ0n) is 27.5. The number of carbonyl (C=O) groups is 1. The summed E-state index contributed by atoms with van der Waals surface area (Å²) < 4.78 is 5.57. The molecule has 0 aromatic heterocycles. The molecule has 1 amide bonds. The Balaban J connectivity index is 1.16. The van der Waals surface area contributed by atoms with Gasteiger partial charge in [-0.3, -0.25) is 5.32 Å². The summed E-state index contributed by atoms with van der Waals surface area (Å²) in [4.78, 5) is 12.4. The van der Waals surface area contributed by atoms with Gasteiger partial charge in [0.15, 0.2) is 0 Å². The standard InChI is InChI=1S/C37H59NO4/c1-8-27-31-22-26(39)17-19-37(31,7)30-18-20-36(6)28(15-16-29(36)32(30)33(27)40)23(2)10-9-21-42-34(41)38-25-13-11-24(12-14-25)35(3,4)5/h11-14,23,26-33,39-40H,8-10,15-22H2,1-7H3,(H,38,41)/t23-,26-,27-,28-,29+,30+,31?,32+,33-,36-,37-/m1/s1. The minimum Gasteiger partial charge on any atom is -0.449 e. The van der Waals surface area contributed by atoms with E-state index < -0.39 is 0 Å². The normalized spacial score (nSPS) is 40.4. The van der Waals surface area contributed by atoms with Crippen LogP contribution in [-0.4, -0.2) is 35.1 Å². The van der Waals surface area contributed by atoms with Crippen LogP contribution in [0.5, 0.6) is 0 Å². The van der Waals surface area contributed by atoms with Gasteiger partial charge in [0.25, 0.3) is 0 Å². The summed E-state index contributed by atoms with van der Waals surface area (Å²) in [5.41, 5.74) is 2.61. The first-order valence-corrected chi connectivity index (χ1v) is 17.2. The highest BCUT2D eigenvalue weighted by Crippen LogP contribution is 2.69. The minimum atomic E-state index is -0.379. The second kappa shape index (κ2) is 12.1. The van der Waals surface area contributed by atoms with E-state index in [9.17, 15) is 15.0 Å². The second-order valence-electron chi connectivity index (χ2n) is 16.3. The fraction of sp³-hybridized carbons (Fsp3) is 0.811. The fourth-order valence-corrected chi connectivity index (χ4v) is 10.9. The molecule has 1 aromatic carbocycles. The predicted molar refractivity (Wildman–Crippen MR) is 170 cm³/mol. The maximum Gasteiger partial charge on any atom is 0.411 e. The number of hydrogen-bond acceptors (Lipinski definition) is 4. The highest BCUT2D eigenvalue weighted by Gasteiger charge is 2.64. The third-order valence-electron chi connectivity index (χ3n) is 13.2. The number of aliphatic hydroxyl groups is 2. The third-order valence-corrected chi connectivity index (χ3v) is 13.2. The van der Waals surface area contributed by atoms with Crippen LogP contribution in [0.25, 0.3) is 0 Å². The van der Waals surface area contributed by atoms with Crippen LogP contribution in [0.2, 0.25) is 0 Å². The Hall–Kier alpha value is -1.59. The van der Waals surface area contributed by atoms with Crippen molar-refractivity contribution < 1.29 is 19.7 Å². The number of anilines is 1. The molecular formula is C37H59NO4. The SMILES string of the molecule is CC[C@@H]1C2C[C@H](O)CC[C@]2(C)[C@H]2CC[C@]3(C)[C@@H]([C@H](C)CCCOC(=O)Nc4ccc(C(C)(C)C)cc4)CC[C@H]3[C@@H]2[C@@H]1O. The van der Waals surface area contributed by atoms with Crippen molar-refractivity contribution in [1.29, 1.82) is 0 Å². The Kier molecular flexibility index (Phi) is 9.14. The van der Waals surface area contributed by atoms with E-state index in [4.69, 9.17) is 4.74 Å². The van der Waals surface area contributed by atoms with Gasteiger partial charge in [-0.05, 0) is 133 Å². The molecule has 5 nitrogen and oxygen atoms in total. The number of rotatable bonds is 7. The summed E-state index contributed by atoms with van der Waals surface area (Å²) in [6.07, 6.45) is 10.0. The number of aliphatic hydroxyl groups excluding tert-OH is 2. The van der Waals surface area contributed by atoms with Gasteiger partial charge in [-0.15, -0.1) is 0 Å². The van der Waals surface area contributed by atoms with E-state index in [1.165, 1.54) is 31.2 Å². The number of nitrogens with one attached hydrogen (secondary N) is 1. The number of hydrogen-bond donors (Lipinski definition) is 3. The minimum absolute atomic E-state index is 0.0840. The Morgan fingerprint density at radius 2 is 1.67 bits per heavy atom. The van der Waals surface area contributed by atoms with Crippen LogP contribution in [0.3, 0.4) is 0 Å². The van der Waals surface area contributed by atoms with Gasteiger partial charge >= 0.3 is 6.09 Å². The molecule has 1 aromatic rings. The van der Waals surface area contributed by atoms with Crippen LogP contribution in [0.15, 0.2) is 24.3 Å². The fourth-order valence-electron chi connectivity index (χ4n) is 10.9. The Morgan fingerprint density at radius 1 is 1.00 bits per heavy atom. The molecule has 4 saturated carbocycles. The van der Waals surface area contributed by atoms with Gasteiger partial charge in [-0.2, -0.15) is 0 Å². The Morgan fingerprint density at radius 3 is 2.33 bits per heavy atom. The topological polar surface area (TPSA) is 78.8 Å². The lowest BCUT2D eigenvalue weighted by Gasteiger charge is -2.64. The molecule has 5 heteroatoms. The molecule has 4 fully saturated rings. The molecule has 4 aliphatic rings. The van der Waals surface area contributed by atoms with Gasteiger partial charge in [0.2, 0.25) is 0 Å². The van der Waals surface area contributed by atoms with E-state index >= 15 is 0 Å². The first kappa shape index (κ1) is 31.8. The summed E-state index contributed by atoms with van der Waals surface area (Å²) in [5, 5.41) is 25.4. The predicted octanol–water partition coefficient (Wildman–Crippen LogP) is 8.58. The summed E-state index contributed by atoms with van der Waals surface area (Å²) in [6.45, 7) is 16.7. The summed E-state index contributed by atoms with van der Waals surface area (Å²) in [7, 11) is 0. The van der Waals surface area contributed by atoms with Crippen molar-refractivity contribution in [2.24, 2.45) is 52.3 Å². The van der Waals surface area contributed by atoms with Crippen LogP contribution in [0, 0.1) is 52.3 Å². The van der Waals surface area contributed by atoms with Crippen molar-refractivity contribution in [2.45, 2.75) is 130 Å². The zero-order chi connectivity index (χ0) is 30.4. The lowest BCUT2D eigenvalue weighted by molar-refractivity contribution is -0.203. The van der Waals surface area contributed by atoms with Gasteiger partial charge in [0.1, 0.15) is 0 Å². The first-order chi connectivity index (χ1) is 19.8. The Bertz CT molecular complexity index is 1080. The van der Waals surface area contributed by atoms with Crippen molar-refractivity contribution in [2.75, 3.05) is 11.9 Å². The molecule has 236 valence electrons. The van der Waals surface area contributed by atoms with Crippen LogP contribution < -0.4 is 5.32 Å². The third kappa shape index (κ3) is 5.78. The zero-order valence-corrected chi connectivity index (χ0v) is 27.5. The van der Waals surface area contributed by atoms with Gasteiger partial charge in [0, 0.05) is 5.69 Å². The van der Waals surface area contributed by atoms with E-state index in [2.05, 4.69) is 65.9 Å². The van der Waals surface area contributed by atoms with E-state index in [1.54, 1.807) is 0 Å². The monoisotopic (exact) mass is 581 g/mol. The van der Waals surface area contributed by atoms with E-state index in [1.807, 2.05) is 12.1 Å². The van der Waals surface area contributed by atoms with E-state index in [-0.39, 0.29) is 34.5 Å². The molecule has 1 unspecified atom stereocenters. The molecule has 0 bridgehead atoms. The highest BCUT2D eigenvalue weighted by molar-refractivity contribution is 5.84. The van der Waals surface area contributed by atoms with Crippen molar-refractivity contribution in [3.8, 4) is 0 Å². The van der Waals surface area contributed by atoms with Gasteiger partial charge < -0.3 is 14.9 Å². The van der Waals surface area contributed by atoms with Crippen molar-refractivity contribution in [1.82, 2.24) is 0 Å². The van der Waals surface area contributed by atoms with Crippen LogP contribution in [-0.2, 0) is 10.2 Å². The molecule has 0 aliphatic heterocycles. The van der Waals surface area contributed by atoms with E-state index in [0.717, 1.165) is 44.2 Å². The summed E-state index contributed by atoms with van der Waals surface area (Å²) in [5.74, 6) is 3.55. The average molecular weight is 582 g/mol. The first-order valence-electron chi connectivity index (χ1n) is 17.2. The Labute approximate surface area is 255 Å². The lowest BCUT2D eigenvalue weighted by Crippen LogP contribution is -2.62. The second-order valence-corrected chi connectivity index (χ2v) is 16.3. The molecule has 0 heterocycles. The maximum absolute atomic E-state index is 12.4. The molecule has 42 heavy (non-hydrogen) atoms. The molecule has 11 atom stereocenters. The van der Waals surface area contributed by atoms with Crippen molar-refractivity contribution in [3.05, 3.63) is 29.8 Å². The number of benzene rings is 1. The van der Waals surface area contributed by atoms with Gasteiger partial charge in [-0.25, -0.2) is 4.79 Å².